The van der Waals surface area contributed by atoms with E-state index in [9.17, 15) is 26.7 Å². The quantitative estimate of drug-likeness (QED) is 0.267. The smallest absolute Gasteiger partial charge is 0.260 e. The maximum absolute atomic E-state index is 13.9. The van der Waals surface area contributed by atoms with Gasteiger partial charge in [-0.25, -0.2) is 26.6 Å². The summed E-state index contributed by atoms with van der Waals surface area (Å²) in [5.41, 5.74) is 1.09. The van der Waals surface area contributed by atoms with Crippen LogP contribution in [0, 0.1) is 42.9 Å². The zero-order valence-electron chi connectivity index (χ0n) is 17.3. The van der Waals surface area contributed by atoms with Crippen LogP contribution < -0.4 is 5.32 Å². The van der Waals surface area contributed by atoms with Crippen molar-refractivity contribution in [3.8, 4) is 5.69 Å². The van der Waals surface area contributed by atoms with Crippen LogP contribution in [0.2, 0.25) is 0 Å². The lowest BCUT2D eigenvalue weighted by molar-refractivity contribution is 0.102. The third-order valence-electron chi connectivity index (χ3n) is 5.02. The van der Waals surface area contributed by atoms with Gasteiger partial charge in [-0.3, -0.25) is 9.48 Å². The highest BCUT2D eigenvalue weighted by molar-refractivity contribution is 6.05. The van der Waals surface area contributed by atoms with Crippen LogP contribution in [0.3, 0.4) is 0 Å². The maximum atomic E-state index is 13.9. The standard InChI is InChI=1S/C22H16F5N5O/c1-11-16(12(2)32(29-11)13-6-4-3-5-7-13)22(33)28-15-8-9-31(30-15)10-14-17(23)19(25)21(27)20(26)18(14)24/h3-9H,10H2,1-2H3,(H,28,30,33). The van der Waals surface area contributed by atoms with Gasteiger partial charge in [0.1, 0.15) is 0 Å². The van der Waals surface area contributed by atoms with Crippen molar-refractivity contribution in [1.82, 2.24) is 19.6 Å². The molecule has 0 fully saturated rings. The van der Waals surface area contributed by atoms with Crippen LogP contribution in [0.5, 0.6) is 0 Å². The molecule has 0 aliphatic carbocycles. The number of amides is 1. The van der Waals surface area contributed by atoms with Crippen molar-refractivity contribution in [2.45, 2.75) is 20.4 Å². The Hall–Kier alpha value is -4.02. The molecule has 1 amide bonds. The molecule has 0 aliphatic rings. The zero-order chi connectivity index (χ0) is 23.9. The fourth-order valence-electron chi connectivity index (χ4n) is 3.44. The Balaban J connectivity index is 1.56. The minimum Gasteiger partial charge on any atom is -0.305 e. The van der Waals surface area contributed by atoms with E-state index in [-0.39, 0.29) is 5.82 Å². The van der Waals surface area contributed by atoms with Gasteiger partial charge < -0.3 is 5.32 Å². The first kappa shape index (κ1) is 22.2. The topological polar surface area (TPSA) is 64.7 Å². The summed E-state index contributed by atoms with van der Waals surface area (Å²) in [5.74, 6) is -10.7. The van der Waals surface area contributed by atoms with E-state index in [2.05, 4.69) is 15.5 Å². The van der Waals surface area contributed by atoms with E-state index in [0.717, 1.165) is 10.4 Å². The average Bonchev–Trinajstić information content (AvgIpc) is 3.37. The highest BCUT2D eigenvalue weighted by Gasteiger charge is 2.26. The fourth-order valence-corrected chi connectivity index (χ4v) is 3.44. The number of halogens is 5. The molecule has 0 spiro atoms. The monoisotopic (exact) mass is 461 g/mol. The average molecular weight is 461 g/mol. The lowest BCUT2D eigenvalue weighted by atomic mass is 10.1. The second-order valence-electron chi connectivity index (χ2n) is 7.19. The summed E-state index contributed by atoms with van der Waals surface area (Å²) in [6.07, 6.45) is 1.24. The zero-order valence-corrected chi connectivity index (χ0v) is 17.3. The van der Waals surface area contributed by atoms with Crippen molar-refractivity contribution >= 4 is 11.7 Å². The van der Waals surface area contributed by atoms with Crippen molar-refractivity contribution in [1.29, 1.82) is 0 Å². The summed E-state index contributed by atoms with van der Waals surface area (Å²) >= 11 is 0. The molecule has 0 saturated carbocycles. The molecule has 4 rings (SSSR count). The molecule has 170 valence electrons. The number of hydrogen-bond acceptors (Lipinski definition) is 3. The molecule has 0 radical (unpaired) electrons. The van der Waals surface area contributed by atoms with Crippen molar-refractivity contribution in [3.05, 3.63) is 94.2 Å². The second-order valence-corrected chi connectivity index (χ2v) is 7.19. The highest BCUT2D eigenvalue weighted by atomic mass is 19.2. The van der Waals surface area contributed by atoms with Crippen LogP contribution in [0.1, 0.15) is 27.3 Å². The minimum absolute atomic E-state index is 0.0233. The van der Waals surface area contributed by atoms with Gasteiger partial charge in [0.2, 0.25) is 5.82 Å². The molecule has 0 bridgehead atoms. The number of aryl methyl sites for hydroxylation is 1. The number of rotatable bonds is 5. The Bertz CT molecular complexity index is 1330. The third-order valence-corrected chi connectivity index (χ3v) is 5.02. The molecule has 2 aromatic heterocycles. The Morgan fingerprint density at radius 2 is 1.48 bits per heavy atom. The molecule has 11 heteroatoms. The van der Waals surface area contributed by atoms with Crippen LogP contribution in [0.4, 0.5) is 27.8 Å². The summed E-state index contributed by atoms with van der Waals surface area (Å²) in [4.78, 5) is 12.8. The van der Waals surface area contributed by atoms with Gasteiger partial charge in [0, 0.05) is 12.3 Å². The molecule has 0 aliphatic heterocycles. The molecule has 0 saturated heterocycles. The number of carbonyl (C=O) groups is 1. The van der Waals surface area contributed by atoms with Crippen LogP contribution in [-0.4, -0.2) is 25.5 Å². The summed E-state index contributed by atoms with van der Waals surface area (Å²) in [7, 11) is 0. The first-order chi connectivity index (χ1) is 15.7. The van der Waals surface area contributed by atoms with Gasteiger partial charge in [-0.2, -0.15) is 10.2 Å². The van der Waals surface area contributed by atoms with E-state index in [1.54, 1.807) is 18.5 Å². The molecule has 2 heterocycles. The first-order valence-corrected chi connectivity index (χ1v) is 9.65. The Kier molecular flexibility index (Phi) is 5.71. The number of anilines is 1. The van der Waals surface area contributed by atoms with Crippen molar-refractivity contribution in [3.63, 3.8) is 0 Å². The molecular weight excluding hydrogens is 445 g/mol. The normalized spacial score (nSPS) is 11.1. The largest absolute Gasteiger partial charge is 0.305 e. The van der Waals surface area contributed by atoms with Gasteiger partial charge in [0.05, 0.1) is 34.7 Å². The van der Waals surface area contributed by atoms with Gasteiger partial charge in [-0.05, 0) is 26.0 Å². The van der Waals surface area contributed by atoms with Crippen LogP contribution >= 0.6 is 0 Å². The molecule has 6 nitrogen and oxygen atoms in total. The molecule has 2 aromatic carbocycles. The highest BCUT2D eigenvalue weighted by Crippen LogP contribution is 2.24. The van der Waals surface area contributed by atoms with E-state index in [1.165, 1.54) is 12.3 Å². The Morgan fingerprint density at radius 1 is 0.879 bits per heavy atom. The molecule has 0 atom stereocenters. The molecule has 4 aromatic rings. The van der Waals surface area contributed by atoms with Crippen molar-refractivity contribution in [2.24, 2.45) is 0 Å². The number of aromatic nitrogens is 4. The lowest BCUT2D eigenvalue weighted by Crippen LogP contribution is -2.15. The number of nitrogens with zero attached hydrogens (tertiary/aromatic N) is 4. The molecule has 1 N–H and O–H groups in total. The summed E-state index contributed by atoms with van der Waals surface area (Å²) < 4.78 is 70.4. The number of para-hydroxylation sites is 1. The SMILES string of the molecule is Cc1nn(-c2ccccc2)c(C)c1C(=O)Nc1ccn(Cc2c(F)c(F)c(F)c(F)c2F)n1. The van der Waals surface area contributed by atoms with E-state index < -0.39 is 47.1 Å². The number of benzene rings is 2. The van der Waals surface area contributed by atoms with Gasteiger partial charge in [0.15, 0.2) is 29.1 Å². The van der Waals surface area contributed by atoms with Crippen LogP contribution in [0.15, 0.2) is 42.6 Å². The number of nitrogens with one attached hydrogen (secondary N) is 1. The Labute approximate surface area is 184 Å². The van der Waals surface area contributed by atoms with Crippen molar-refractivity contribution < 1.29 is 26.7 Å². The predicted molar refractivity (Wildman–Crippen MR) is 109 cm³/mol. The van der Waals surface area contributed by atoms with Gasteiger partial charge in [-0.1, -0.05) is 18.2 Å². The number of carbonyl (C=O) groups excluding carboxylic acids is 1. The van der Waals surface area contributed by atoms with E-state index in [1.807, 2.05) is 30.3 Å². The van der Waals surface area contributed by atoms with Crippen molar-refractivity contribution in [2.75, 3.05) is 5.32 Å². The predicted octanol–water partition coefficient (Wildman–Crippen LogP) is 4.68. The lowest BCUT2D eigenvalue weighted by Gasteiger charge is -2.08. The van der Waals surface area contributed by atoms with Crippen LogP contribution in [0.25, 0.3) is 5.69 Å². The maximum Gasteiger partial charge on any atom is 0.260 e. The summed E-state index contributed by atoms with van der Waals surface area (Å²) in [5, 5.41) is 10.9. The molecule has 33 heavy (non-hydrogen) atoms. The summed E-state index contributed by atoms with van der Waals surface area (Å²) in [6, 6.07) is 10.5. The number of hydrogen-bond donors (Lipinski definition) is 1. The van der Waals surface area contributed by atoms with Gasteiger partial charge in [0.25, 0.3) is 5.91 Å². The van der Waals surface area contributed by atoms with Gasteiger partial charge >= 0.3 is 0 Å². The first-order valence-electron chi connectivity index (χ1n) is 9.65. The second kappa shape index (κ2) is 8.49. The van der Waals surface area contributed by atoms with Gasteiger partial charge in [-0.15, -0.1) is 0 Å². The third kappa shape index (κ3) is 3.97. The fraction of sp³-hybridized carbons (Fsp3) is 0.136. The summed E-state index contributed by atoms with van der Waals surface area (Å²) in [6.45, 7) is 2.67. The van der Waals surface area contributed by atoms with E-state index >= 15 is 0 Å². The molecular formula is C22H16F5N5O. The van der Waals surface area contributed by atoms with Crippen LogP contribution in [-0.2, 0) is 6.54 Å². The Morgan fingerprint density at radius 3 is 2.12 bits per heavy atom. The molecule has 0 unspecified atom stereocenters. The van der Waals surface area contributed by atoms with E-state index in [4.69, 9.17) is 0 Å². The van der Waals surface area contributed by atoms with E-state index in [0.29, 0.717) is 17.0 Å². The minimum atomic E-state index is -2.23.